The van der Waals surface area contributed by atoms with E-state index >= 15 is 0 Å². The van der Waals surface area contributed by atoms with Gasteiger partial charge in [-0.1, -0.05) is 72.3 Å². The van der Waals surface area contributed by atoms with Gasteiger partial charge in [0.2, 0.25) is 0 Å². The van der Waals surface area contributed by atoms with E-state index < -0.39 is 0 Å². The summed E-state index contributed by atoms with van der Waals surface area (Å²) >= 11 is 0. The van der Waals surface area contributed by atoms with Gasteiger partial charge in [0.1, 0.15) is 0 Å². The Kier molecular flexibility index (Phi) is 6.03. The van der Waals surface area contributed by atoms with E-state index in [2.05, 4.69) is 79.3 Å². The molecular formula is C20H17Li2+. The standard InChI is InChI=1S/C20H17.2Li/c1-3-7-19-15(5-1)9-11-17(19)13-14-18-12-10-16-6-2-4-8-20(16)18;;/h1-13,17-18H,14H2;;/q-1;2*+1. The molecule has 4 rings (SSSR count). The Bertz CT molecular complexity index is 639. The van der Waals surface area contributed by atoms with Crippen molar-refractivity contribution in [2.24, 2.45) is 0 Å². The quantitative estimate of drug-likeness (QED) is 0.507. The summed E-state index contributed by atoms with van der Waals surface area (Å²) in [4.78, 5) is 0. The molecule has 0 saturated carbocycles. The number of benzene rings is 2. The molecule has 2 aromatic carbocycles. The van der Waals surface area contributed by atoms with E-state index in [1.54, 1.807) is 0 Å². The predicted octanol–water partition coefficient (Wildman–Crippen LogP) is -0.790. The second-order valence-electron chi connectivity index (χ2n) is 5.58. The molecule has 0 saturated heterocycles. The number of fused-ring (bicyclic) bond motifs is 2. The minimum Gasteiger partial charge on any atom is -0.317 e. The van der Waals surface area contributed by atoms with Crippen LogP contribution in [-0.2, 0) is 0 Å². The van der Waals surface area contributed by atoms with Gasteiger partial charge in [-0.2, -0.15) is 6.42 Å². The minimum absolute atomic E-state index is 0. The van der Waals surface area contributed by atoms with Gasteiger partial charge in [-0.25, -0.2) is 0 Å². The van der Waals surface area contributed by atoms with Gasteiger partial charge in [-0.05, 0) is 22.6 Å². The van der Waals surface area contributed by atoms with Crippen LogP contribution in [0.25, 0.3) is 12.2 Å². The van der Waals surface area contributed by atoms with Gasteiger partial charge >= 0.3 is 37.7 Å². The van der Waals surface area contributed by atoms with E-state index in [-0.39, 0.29) is 37.7 Å². The fourth-order valence-corrected chi connectivity index (χ4v) is 3.31. The molecule has 2 atom stereocenters. The zero-order valence-corrected chi connectivity index (χ0v) is 13.4. The summed E-state index contributed by atoms with van der Waals surface area (Å²) in [5, 5.41) is 0. The molecule has 0 bridgehead atoms. The zero-order chi connectivity index (χ0) is 13.4. The van der Waals surface area contributed by atoms with Gasteiger partial charge in [0, 0.05) is 0 Å². The molecule has 0 aromatic heterocycles. The monoisotopic (exact) mass is 271 g/mol. The van der Waals surface area contributed by atoms with Crippen molar-refractivity contribution in [2.45, 2.75) is 18.3 Å². The van der Waals surface area contributed by atoms with Crippen molar-refractivity contribution in [3.8, 4) is 0 Å². The van der Waals surface area contributed by atoms with Gasteiger partial charge < -0.3 is 6.42 Å². The van der Waals surface area contributed by atoms with Crippen molar-refractivity contribution in [1.29, 1.82) is 0 Å². The maximum atomic E-state index is 2.46. The van der Waals surface area contributed by atoms with Crippen molar-refractivity contribution in [2.75, 3.05) is 0 Å². The van der Waals surface area contributed by atoms with Crippen molar-refractivity contribution in [3.05, 3.63) is 89.4 Å². The Morgan fingerprint density at radius 2 is 1.32 bits per heavy atom. The van der Waals surface area contributed by atoms with E-state index in [4.69, 9.17) is 0 Å². The molecule has 0 aliphatic heterocycles. The van der Waals surface area contributed by atoms with Crippen LogP contribution < -0.4 is 37.7 Å². The fraction of sp³-hybridized carbons (Fsp3) is 0.150. The topological polar surface area (TPSA) is 0 Å². The minimum atomic E-state index is 0. The van der Waals surface area contributed by atoms with E-state index in [0.717, 1.165) is 6.42 Å². The molecule has 0 N–H and O–H groups in total. The van der Waals surface area contributed by atoms with Crippen LogP contribution in [-0.4, -0.2) is 0 Å². The predicted molar refractivity (Wildman–Crippen MR) is 85.4 cm³/mol. The van der Waals surface area contributed by atoms with Crippen LogP contribution in [0.1, 0.15) is 40.5 Å². The SMILES string of the molecule is C1=CC([CH-]CC2C=Cc3ccccc32)c2ccccc21.[Li+].[Li+]. The van der Waals surface area contributed by atoms with E-state index in [1.165, 1.54) is 22.3 Å². The molecule has 0 spiro atoms. The molecule has 2 heteroatoms. The van der Waals surface area contributed by atoms with Crippen LogP contribution in [0.5, 0.6) is 0 Å². The molecule has 2 aliphatic carbocycles. The van der Waals surface area contributed by atoms with E-state index in [0.29, 0.717) is 11.8 Å². The van der Waals surface area contributed by atoms with Crippen LogP contribution in [0.4, 0.5) is 0 Å². The number of hydrogen-bond acceptors (Lipinski definition) is 0. The van der Waals surface area contributed by atoms with E-state index in [1.807, 2.05) is 0 Å². The molecular weight excluding hydrogens is 254 g/mol. The molecule has 0 amide bonds. The molecule has 2 aliphatic rings. The summed E-state index contributed by atoms with van der Waals surface area (Å²) in [5.74, 6) is 1.03. The second-order valence-corrected chi connectivity index (χ2v) is 5.58. The van der Waals surface area contributed by atoms with Gasteiger partial charge in [0.25, 0.3) is 0 Å². The third kappa shape index (κ3) is 3.22. The summed E-state index contributed by atoms with van der Waals surface area (Å²) in [6, 6.07) is 17.4. The molecule has 2 unspecified atom stereocenters. The molecule has 22 heavy (non-hydrogen) atoms. The first kappa shape index (κ1) is 17.5. The van der Waals surface area contributed by atoms with Crippen LogP contribution in [0, 0.1) is 6.42 Å². The van der Waals surface area contributed by atoms with E-state index in [9.17, 15) is 0 Å². The third-order valence-corrected chi connectivity index (χ3v) is 4.39. The van der Waals surface area contributed by atoms with Gasteiger partial charge in [-0.15, -0.1) is 12.0 Å². The Labute approximate surface area is 157 Å². The van der Waals surface area contributed by atoms with Crippen LogP contribution in [0.2, 0.25) is 0 Å². The molecule has 0 radical (unpaired) electrons. The summed E-state index contributed by atoms with van der Waals surface area (Å²) in [6.45, 7) is 0. The van der Waals surface area contributed by atoms with Crippen molar-refractivity contribution in [1.82, 2.24) is 0 Å². The molecule has 0 fully saturated rings. The fourth-order valence-electron chi connectivity index (χ4n) is 3.31. The molecule has 0 heterocycles. The maximum absolute atomic E-state index is 2.46. The molecule has 0 nitrogen and oxygen atoms in total. The summed E-state index contributed by atoms with van der Waals surface area (Å²) in [6.07, 6.45) is 12.7. The Balaban J connectivity index is 0.000000882. The van der Waals surface area contributed by atoms with Crippen molar-refractivity contribution in [3.63, 3.8) is 0 Å². The normalized spacial score (nSPS) is 20.0. The van der Waals surface area contributed by atoms with Crippen LogP contribution in [0.3, 0.4) is 0 Å². The summed E-state index contributed by atoms with van der Waals surface area (Å²) in [7, 11) is 0. The second kappa shape index (κ2) is 7.59. The first-order valence-electron chi connectivity index (χ1n) is 7.29. The van der Waals surface area contributed by atoms with Gasteiger partial charge in [0.05, 0.1) is 0 Å². The first-order chi connectivity index (χ1) is 9.92. The number of allylic oxidation sites excluding steroid dienone is 2. The number of rotatable bonds is 3. The Morgan fingerprint density at radius 3 is 2.09 bits per heavy atom. The summed E-state index contributed by atoms with van der Waals surface area (Å²) < 4.78 is 0. The molecule has 98 valence electrons. The smallest absolute Gasteiger partial charge is 0.317 e. The summed E-state index contributed by atoms with van der Waals surface area (Å²) in [5.41, 5.74) is 5.67. The largest absolute Gasteiger partial charge is 1.00 e. The van der Waals surface area contributed by atoms with Gasteiger partial charge in [-0.3, -0.25) is 0 Å². The average Bonchev–Trinajstić information content (AvgIpc) is 3.09. The molecule has 2 aromatic rings. The Hall–Kier alpha value is -0.885. The maximum Gasteiger partial charge on any atom is 1.00 e. The average molecular weight is 271 g/mol. The van der Waals surface area contributed by atoms with Crippen molar-refractivity contribution >= 4 is 12.2 Å². The number of hydrogen-bond donors (Lipinski definition) is 0. The zero-order valence-electron chi connectivity index (χ0n) is 13.4. The van der Waals surface area contributed by atoms with Crippen LogP contribution >= 0.6 is 0 Å². The van der Waals surface area contributed by atoms with Crippen molar-refractivity contribution < 1.29 is 37.7 Å². The van der Waals surface area contributed by atoms with Crippen LogP contribution in [0.15, 0.2) is 60.7 Å². The Morgan fingerprint density at radius 1 is 0.727 bits per heavy atom. The first-order valence-corrected chi connectivity index (χ1v) is 7.29. The third-order valence-electron chi connectivity index (χ3n) is 4.39. The van der Waals surface area contributed by atoms with Gasteiger partial charge in [0.15, 0.2) is 0 Å².